The summed E-state index contributed by atoms with van der Waals surface area (Å²) in [6.45, 7) is 4.16. The molecule has 0 unspecified atom stereocenters. The first-order valence-corrected chi connectivity index (χ1v) is 6.06. The predicted octanol–water partition coefficient (Wildman–Crippen LogP) is 1.65. The topological polar surface area (TPSA) is 67.6 Å². The van der Waals surface area contributed by atoms with Crippen LogP contribution in [0.1, 0.15) is 12.5 Å². The van der Waals surface area contributed by atoms with Crippen LogP contribution in [-0.2, 0) is 11.3 Å². The van der Waals surface area contributed by atoms with E-state index >= 15 is 0 Å². The number of carbonyl (C=O) groups is 1. The van der Waals surface area contributed by atoms with Crippen LogP contribution in [0.5, 0.6) is 0 Å². The first-order chi connectivity index (χ1) is 8.67. The smallest absolute Gasteiger partial charge is 0.321 e. The van der Waals surface area contributed by atoms with E-state index in [0.29, 0.717) is 26.3 Å². The molecule has 0 atom stereocenters. The van der Waals surface area contributed by atoms with Gasteiger partial charge in [-0.25, -0.2) is 4.79 Å². The van der Waals surface area contributed by atoms with E-state index in [9.17, 15) is 4.79 Å². The van der Waals surface area contributed by atoms with Crippen molar-refractivity contribution in [1.29, 1.82) is 0 Å². The number of hydrogen-bond donors (Lipinski definition) is 2. The van der Waals surface area contributed by atoms with E-state index in [4.69, 9.17) is 10.5 Å². The Kier molecular flexibility index (Phi) is 6.18. The van der Waals surface area contributed by atoms with Gasteiger partial charge >= 0.3 is 6.03 Å². The average molecular weight is 251 g/mol. The van der Waals surface area contributed by atoms with Crippen LogP contribution in [0.2, 0.25) is 0 Å². The van der Waals surface area contributed by atoms with Crippen LogP contribution in [0.25, 0.3) is 0 Å². The lowest BCUT2D eigenvalue weighted by atomic mass is 10.2. The van der Waals surface area contributed by atoms with Crippen LogP contribution in [0.4, 0.5) is 10.5 Å². The number of ether oxygens (including phenoxy) is 1. The lowest BCUT2D eigenvalue weighted by molar-refractivity contribution is 0.128. The van der Waals surface area contributed by atoms with Crippen LogP contribution in [0.15, 0.2) is 24.3 Å². The number of hydrogen-bond acceptors (Lipinski definition) is 3. The Hall–Kier alpha value is -1.59. The molecule has 0 aliphatic heterocycles. The van der Waals surface area contributed by atoms with Gasteiger partial charge in [0.1, 0.15) is 0 Å². The van der Waals surface area contributed by atoms with E-state index in [1.165, 1.54) is 0 Å². The standard InChI is InChI=1S/C13H21N3O2/c1-3-18-8-7-16(2)13(17)15-12-6-4-5-11(9-12)10-14/h4-6,9H,3,7-8,10,14H2,1-2H3,(H,15,17). The van der Waals surface area contributed by atoms with Crippen molar-refractivity contribution in [2.75, 3.05) is 32.1 Å². The van der Waals surface area contributed by atoms with Crippen molar-refractivity contribution < 1.29 is 9.53 Å². The van der Waals surface area contributed by atoms with Crippen LogP contribution >= 0.6 is 0 Å². The van der Waals surface area contributed by atoms with Gasteiger partial charge in [-0.15, -0.1) is 0 Å². The van der Waals surface area contributed by atoms with Crippen molar-refractivity contribution in [3.05, 3.63) is 29.8 Å². The van der Waals surface area contributed by atoms with Gasteiger partial charge in [0.15, 0.2) is 0 Å². The van der Waals surface area contributed by atoms with Gasteiger partial charge in [0.2, 0.25) is 0 Å². The lowest BCUT2D eigenvalue weighted by Gasteiger charge is -2.18. The molecule has 1 rings (SSSR count). The molecule has 0 aromatic heterocycles. The van der Waals surface area contributed by atoms with Gasteiger partial charge in [-0.2, -0.15) is 0 Å². The van der Waals surface area contributed by atoms with E-state index in [0.717, 1.165) is 11.3 Å². The predicted molar refractivity (Wildman–Crippen MR) is 72.5 cm³/mol. The Balaban J connectivity index is 2.47. The molecule has 1 aromatic rings. The quantitative estimate of drug-likeness (QED) is 0.755. The number of urea groups is 1. The third-order valence-electron chi connectivity index (χ3n) is 2.54. The summed E-state index contributed by atoms with van der Waals surface area (Å²) in [6, 6.07) is 7.36. The fourth-order valence-corrected chi connectivity index (χ4v) is 1.44. The highest BCUT2D eigenvalue weighted by atomic mass is 16.5. The number of benzene rings is 1. The molecule has 18 heavy (non-hydrogen) atoms. The summed E-state index contributed by atoms with van der Waals surface area (Å²) in [5.41, 5.74) is 7.30. The van der Waals surface area contributed by atoms with Crippen LogP contribution in [-0.4, -0.2) is 37.7 Å². The Morgan fingerprint density at radius 1 is 1.50 bits per heavy atom. The van der Waals surface area contributed by atoms with Crippen molar-refractivity contribution in [2.24, 2.45) is 5.73 Å². The van der Waals surface area contributed by atoms with Gasteiger partial charge in [0.05, 0.1) is 6.61 Å². The van der Waals surface area contributed by atoms with Crippen molar-refractivity contribution in [3.63, 3.8) is 0 Å². The van der Waals surface area contributed by atoms with Gasteiger partial charge in [0.25, 0.3) is 0 Å². The zero-order chi connectivity index (χ0) is 13.4. The molecule has 0 saturated carbocycles. The Bertz CT molecular complexity index is 382. The maximum absolute atomic E-state index is 11.8. The highest BCUT2D eigenvalue weighted by Gasteiger charge is 2.08. The zero-order valence-electron chi connectivity index (χ0n) is 11.0. The van der Waals surface area contributed by atoms with Crippen LogP contribution in [0.3, 0.4) is 0 Å². The van der Waals surface area contributed by atoms with E-state index in [-0.39, 0.29) is 6.03 Å². The molecule has 0 saturated heterocycles. The number of anilines is 1. The van der Waals surface area contributed by atoms with Crippen molar-refractivity contribution in [2.45, 2.75) is 13.5 Å². The van der Waals surface area contributed by atoms with E-state index in [1.54, 1.807) is 11.9 Å². The summed E-state index contributed by atoms with van der Waals surface area (Å²) in [5.74, 6) is 0. The summed E-state index contributed by atoms with van der Waals surface area (Å²) in [6.07, 6.45) is 0. The zero-order valence-corrected chi connectivity index (χ0v) is 11.0. The Labute approximate surface area is 108 Å². The number of nitrogens with one attached hydrogen (secondary N) is 1. The first-order valence-electron chi connectivity index (χ1n) is 6.06. The van der Waals surface area contributed by atoms with Gasteiger partial charge in [-0.1, -0.05) is 12.1 Å². The highest BCUT2D eigenvalue weighted by Crippen LogP contribution is 2.10. The first kappa shape index (κ1) is 14.5. The maximum Gasteiger partial charge on any atom is 0.321 e. The second kappa shape index (κ2) is 7.68. The second-order valence-electron chi connectivity index (χ2n) is 3.95. The molecule has 0 aliphatic rings. The molecule has 1 aromatic carbocycles. The Morgan fingerprint density at radius 2 is 2.28 bits per heavy atom. The summed E-state index contributed by atoms with van der Waals surface area (Å²) >= 11 is 0. The molecule has 5 heteroatoms. The monoisotopic (exact) mass is 251 g/mol. The SMILES string of the molecule is CCOCCN(C)C(=O)Nc1cccc(CN)c1. The average Bonchev–Trinajstić information content (AvgIpc) is 2.39. The molecule has 3 N–H and O–H groups in total. The maximum atomic E-state index is 11.8. The number of rotatable bonds is 6. The molecule has 5 nitrogen and oxygen atoms in total. The number of likely N-dealkylation sites (N-methyl/N-ethyl adjacent to an activating group) is 1. The number of amides is 2. The third kappa shape index (κ3) is 4.73. The van der Waals surface area contributed by atoms with Gasteiger partial charge in [-0.05, 0) is 24.6 Å². The van der Waals surface area contributed by atoms with Crippen molar-refractivity contribution in [3.8, 4) is 0 Å². The minimum Gasteiger partial charge on any atom is -0.380 e. The van der Waals surface area contributed by atoms with Crippen molar-refractivity contribution in [1.82, 2.24) is 4.90 Å². The van der Waals surface area contributed by atoms with Gasteiger partial charge < -0.3 is 20.7 Å². The molecule has 100 valence electrons. The fraction of sp³-hybridized carbons (Fsp3) is 0.462. The van der Waals surface area contributed by atoms with E-state index in [2.05, 4.69) is 5.32 Å². The molecule has 0 heterocycles. The fourth-order valence-electron chi connectivity index (χ4n) is 1.44. The summed E-state index contributed by atoms with van der Waals surface area (Å²) in [7, 11) is 1.74. The van der Waals surface area contributed by atoms with E-state index in [1.807, 2.05) is 31.2 Å². The van der Waals surface area contributed by atoms with E-state index < -0.39 is 0 Å². The minimum absolute atomic E-state index is 0.149. The summed E-state index contributed by atoms with van der Waals surface area (Å²) in [5, 5.41) is 2.82. The minimum atomic E-state index is -0.149. The molecular formula is C13H21N3O2. The summed E-state index contributed by atoms with van der Waals surface area (Å²) in [4.78, 5) is 13.4. The van der Waals surface area contributed by atoms with Gasteiger partial charge in [-0.3, -0.25) is 0 Å². The third-order valence-corrected chi connectivity index (χ3v) is 2.54. The number of carbonyl (C=O) groups excluding carboxylic acids is 1. The number of nitrogens with zero attached hydrogens (tertiary/aromatic N) is 1. The highest BCUT2D eigenvalue weighted by molar-refractivity contribution is 5.89. The lowest BCUT2D eigenvalue weighted by Crippen LogP contribution is -2.34. The van der Waals surface area contributed by atoms with Crippen molar-refractivity contribution >= 4 is 11.7 Å². The normalized spacial score (nSPS) is 10.2. The Morgan fingerprint density at radius 3 is 2.94 bits per heavy atom. The number of nitrogens with two attached hydrogens (primary N) is 1. The molecule has 2 amide bonds. The van der Waals surface area contributed by atoms with Gasteiger partial charge in [0, 0.05) is 32.4 Å². The van der Waals surface area contributed by atoms with Crippen LogP contribution < -0.4 is 11.1 Å². The second-order valence-corrected chi connectivity index (χ2v) is 3.95. The molecule has 0 radical (unpaired) electrons. The molecular weight excluding hydrogens is 230 g/mol. The summed E-state index contributed by atoms with van der Waals surface area (Å²) < 4.78 is 5.20. The molecule has 0 bridgehead atoms. The largest absolute Gasteiger partial charge is 0.380 e. The molecule has 0 fully saturated rings. The molecule has 0 aliphatic carbocycles. The molecule has 0 spiro atoms. The van der Waals surface area contributed by atoms with Crippen LogP contribution in [0, 0.1) is 0 Å².